The van der Waals surface area contributed by atoms with Crippen molar-refractivity contribution in [3.63, 3.8) is 0 Å². The maximum atomic E-state index is 11.2. The number of carbonyl (C=O) groups is 1. The summed E-state index contributed by atoms with van der Waals surface area (Å²) < 4.78 is 15.5. The lowest BCUT2D eigenvalue weighted by molar-refractivity contribution is -0.143. The van der Waals surface area contributed by atoms with E-state index in [9.17, 15) is 9.36 Å². The van der Waals surface area contributed by atoms with Gasteiger partial charge >= 0.3 is 13.6 Å². The first-order valence-electron chi connectivity index (χ1n) is 5.07. The lowest BCUT2D eigenvalue weighted by Crippen LogP contribution is -2.30. The van der Waals surface area contributed by atoms with Crippen LogP contribution in [0.3, 0.4) is 0 Å². The lowest BCUT2D eigenvalue weighted by Gasteiger charge is -2.11. The number of hydrogen-bond donors (Lipinski definition) is 4. The number of hydrogen-bond acceptors (Lipinski definition) is 5. The maximum Gasteiger partial charge on any atom is 0.329 e. The Morgan fingerprint density at radius 3 is 2.53 bits per heavy atom. The second-order valence-electron chi connectivity index (χ2n) is 3.40. The van der Waals surface area contributed by atoms with Crippen LogP contribution in [0.2, 0.25) is 0 Å². The van der Waals surface area contributed by atoms with Gasteiger partial charge in [-0.2, -0.15) is 0 Å². The normalized spacial score (nSPS) is 14.5. The molecular weight excluding hydrogens is 249 g/mol. The van der Waals surface area contributed by atoms with E-state index in [0.717, 1.165) is 0 Å². The fraction of sp³-hybridized carbons (Fsp3) is 0.667. The molecule has 5 N–H and O–H groups in total. The molecule has 0 aliphatic heterocycles. The second kappa shape index (κ2) is 7.58. The molecule has 0 aromatic rings. The molecule has 8 heteroatoms. The average Bonchev–Trinajstić information content (AvgIpc) is 2.15. The predicted molar refractivity (Wildman–Crippen MR) is 61.3 cm³/mol. The van der Waals surface area contributed by atoms with Crippen LogP contribution in [0.15, 0.2) is 11.6 Å². The highest BCUT2D eigenvalue weighted by atomic mass is 31.2. The van der Waals surface area contributed by atoms with Crippen molar-refractivity contribution in [1.29, 1.82) is 0 Å². The van der Waals surface area contributed by atoms with Gasteiger partial charge in [0.25, 0.3) is 0 Å². The number of aliphatic hydroxyl groups is 1. The zero-order valence-corrected chi connectivity index (χ0v) is 10.5. The van der Waals surface area contributed by atoms with Crippen molar-refractivity contribution in [2.45, 2.75) is 19.4 Å². The highest BCUT2D eigenvalue weighted by molar-refractivity contribution is 7.52. The van der Waals surface area contributed by atoms with Crippen molar-refractivity contribution < 1.29 is 29.0 Å². The van der Waals surface area contributed by atoms with Gasteiger partial charge in [-0.05, 0) is 13.3 Å². The number of aliphatic hydroxyl groups excluding tert-OH is 1. The monoisotopic (exact) mass is 267 g/mol. The zero-order chi connectivity index (χ0) is 13.5. The largest absolute Gasteiger partial charge is 0.465 e. The Bertz CT molecular complexity index is 323. The highest BCUT2D eigenvalue weighted by Crippen LogP contribution is 2.37. The van der Waals surface area contributed by atoms with Gasteiger partial charge in [0.05, 0.1) is 12.8 Å². The predicted octanol–water partition coefficient (Wildman–Crippen LogP) is -0.637. The summed E-state index contributed by atoms with van der Waals surface area (Å²) in [7, 11) is -4.24. The highest BCUT2D eigenvalue weighted by Gasteiger charge is 2.19. The van der Waals surface area contributed by atoms with Crippen LogP contribution in [0, 0.1) is 0 Å². The molecule has 0 spiro atoms. The average molecular weight is 267 g/mol. The fourth-order valence-electron chi connectivity index (χ4n) is 1.18. The third-order valence-corrected chi connectivity index (χ3v) is 2.63. The van der Waals surface area contributed by atoms with E-state index >= 15 is 0 Å². The molecule has 0 amide bonds. The minimum Gasteiger partial charge on any atom is -0.465 e. The van der Waals surface area contributed by atoms with Crippen LogP contribution in [0.5, 0.6) is 0 Å². The molecule has 100 valence electrons. The third-order valence-electron chi connectivity index (χ3n) is 1.82. The zero-order valence-electron chi connectivity index (χ0n) is 9.57. The van der Waals surface area contributed by atoms with Crippen LogP contribution in [0.4, 0.5) is 0 Å². The number of ether oxygens (including phenoxy) is 1. The summed E-state index contributed by atoms with van der Waals surface area (Å²) in [5, 5.41) is 8.74. The van der Waals surface area contributed by atoms with Crippen LogP contribution >= 0.6 is 7.60 Å². The van der Waals surface area contributed by atoms with Gasteiger partial charge in [-0.15, -0.1) is 0 Å². The van der Waals surface area contributed by atoms with Gasteiger partial charge in [-0.25, -0.2) is 0 Å². The molecule has 0 heterocycles. The number of carbonyl (C=O) groups excluding carboxylic acids is 1. The third kappa shape index (κ3) is 8.06. The quantitative estimate of drug-likeness (QED) is 0.274. The van der Waals surface area contributed by atoms with E-state index < -0.39 is 25.8 Å². The molecule has 0 rings (SSSR count). The summed E-state index contributed by atoms with van der Waals surface area (Å²) in [4.78, 5) is 28.8. The first-order valence-corrected chi connectivity index (χ1v) is 6.87. The number of nitrogens with two attached hydrogens (primary N) is 1. The van der Waals surface area contributed by atoms with Crippen LogP contribution in [-0.4, -0.2) is 46.3 Å². The van der Waals surface area contributed by atoms with E-state index in [-0.39, 0.29) is 25.2 Å². The smallest absolute Gasteiger partial charge is 0.329 e. The van der Waals surface area contributed by atoms with E-state index in [4.69, 9.17) is 20.6 Å². The van der Waals surface area contributed by atoms with Crippen molar-refractivity contribution in [2.24, 2.45) is 5.73 Å². The van der Waals surface area contributed by atoms with Gasteiger partial charge in [0.2, 0.25) is 0 Å². The summed E-state index contributed by atoms with van der Waals surface area (Å²) in [5.41, 5.74) is 5.71. The lowest BCUT2D eigenvalue weighted by atomic mass is 10.1. The van der Waals surface area contributed by atoms with E-state index in [2.05, 4.69) is 4.74 Å². The standard InChI is InChI=1S/C9H18NO6P/c1-2-16-9(12)8(10)5-7(3-4-11)6-17(13,14)15/h5,8,11H,2-4,6,10H2,1H3,(H2,13,14,15)/t8-/m1/s1. The molecule has 0 aromatic heterocycles. The summed E-state index contributed by atoms with van der Waals surface area (Å²) in [6, 6.07) is -1.08. The van der Waals surface area contributed by atoms with Crippen LogP contribution in [0.25, 0.3) is 0 Å². The molecule has 0 fully saturated rings. The van der Waals surface area contributed by atoms with Gasteiger partial charge < -0.3 is 25.4 Å². The SMILES string of the molecule is CCOC(=O)[C@H](N)C=C(CCO)CP(=O)(O)O. The van der Waals surface area contributed by atoms with Gasteiger partial charge in [-0.3, -0.25) is 9.36 Å². The maximum absolute atomic E-state index is 11.2. The van der Waals surface area contributed by atoms with Crippen LogP contribution in [0.1, 0.15) is 13.3 Å². The first kappa shape index (κ1) is 16.3. The number of rotatable bonds is 7. The molecule has 0 aromatic carbocycles. The van der Waals surface area contributed by atoms with E-state index in [1.807, 2.05) is 0 Å². The Kier molecular flexibility index (Phi) is 7.26. The van der Waals surface area contributed by atoms with E-state index in [1.165, 1.54) is 6.08 Å². The molecule has 0 aliphatic carbocycles. The van der Waals surface area contributed by atoms with Crippen molar-refractivity contribution in [2.75, 3.05) is 19.4 Å². The van der Waals surface area contributed by atoms with Gasteiger partial charge in [0.15, 0.2) is 0 Å². The molecule has 0 bridgehead atoms. The van der Waals surface area contributed by atoms with Gasteiger partial charge in [-0.1, -0.05) is 11.6 Å². The molecular formula is C9H18NO6P. The van der Waals surface area contributed by atoms with E-state index in [0.29, 0.717) is 0 Å². The van der Waals surface area contributed by atoms with E-state index in [1.54, 1.807) is 6.92 Å². The Balaban J connectivity index is 4.68. The van der Waals surface area contributed by atoms with Gasteiger partial charge in [0, 0.05) is 6.61 Å². The molecule has 0 saturated carbocycles. The number of esters is 1. The molecule has 0 aliphatic rings. The summed E-state index contributed by atoms with van der Waals surface area (Å²) in [6.45, 7) is 1.52. The van der Waals surface area contributed by atoms with Crippen molar-refractivity contribution in [1.82, 2.24) is 0 Å². The molecule has 0 unspecified atom stereocenters. The van der Waals surface area contributed by atoms with Crippen molar-refractivity contribution >= 4 is 13.6 Å². The van der Waals surface area contributed by atoms with Crippen LogP contribution in [-0.2, 0) is 14.1 Å². The Hall–Kier alpha value is -0.720. The molecule has 0 saturated heterocycles. The summed E-state index contributed by atoms with van der Waals surface area (Å²) in [6.07, 6.45) is 0.742. The van der Waals surface area contributed by atoms with Gasteiger partial charge in [0.1, 0.15) is 6.04 Å². The van der Waals surface area contributed by atoms with Crippen molar-refractivity contribution in [3.05, 3.63) is 11.6 Å². The Morgan fingerprint density at radius 1 is 1.53 bits per heavy atom. The Labute approximate surface area is 99.4 Å². The molecule has 1 atom stereocenters. The molecule has 7 nitrogen and oxygen atoms in total. The minimum atomic E-state index is -4.24. The first-order chi connectivity index (χ1) is 7.80. The van der Waals surface area contributed by atoms with Crippen molar-refractivity contribution in [3.8, 4) is 0 Å². The molecule has 0 radical (unpaired) electrons. The second-order valence-corrected chi connectivity index (χ2v) is 5.04. The topological polar surface area (TPSA) is 130 Å². The molecule has 17 heavy (non-hydrogen) atoms. The fourth-order valence-corrected chi connectivity index (χ4v) is 1.98. The Morgan fingerprint density at radius 2 is 2.12 bits per heavy atom. The minimum absolute atomic E-state index is 0.0538. The van der Waals surface area contributed by atoms with Crippen LogP contribution < -0.4 is 5.73 Å². The summed E-state index contributed by atoms with van der Waals surface area (Å²) >= 11 is 0. The summed E-state index contributed by atoms with van der Waals surface area (Å²) in [5.74, 6) is -0.673.